The number of para-hydroxylation sites is 1. The minimum Gasteiger partial charge on any atom is -0.354 e. The van der Waals surface area contributed by atoms with Crippen LogP contribution in [0.5, 0.6) is 0 Å². The molecule has 7 heteroatoms. The molecule has 2 aliphatic heterocycles. The lowest BCUT2D eigenvalue weighted by Gasteiger charge is -2.28. The van der Waals surface area contributed by atoms with E-state index in [1.165, 1.54) is 6.33 Å². The van der Waals surface area contributed by atoms with Gasteiger partial charge < -0.3 is 10.2 Å². The van der Waals surface area contributed by atoms with Gasteiger partial charge in [-0.3, -0.25) is 9.59 Å². The number of aromatic nitrogens is 3. The van der Waals surface area contributed by atoms with Gasteiger partial charge >= 0.3 is 0 Å². The van der Waals surface area contributed by atoms with Gasteiger partial charge in [-0.15, -0.1) is 0 Å². The second kappa shape index (κ2) is 5.49. The Morgan fingerprint density at radius 2 is 2.04 bits per heavy atom. The maximum Gasteiger partial charge on any atom is 0.256 e. The largest absolute Gasteiger partial charge is 0.354 e. The smallest absolute Gasteiger partial charge is 0.256 e. The molecule has 2 aromatic rings. The van der Waals surface area contributed by atoms with Crippen LogP contribution in [0.15, 0.2) is 36.9 Å². The van der Waals surface area contributed by atoms with Gasteiger partial charge in [0.1, 0.15) is 12.7 Å². The Hall–Kier alpha value is -2.70. The standard InChI is InChI=1S/C16H17N5O2/c22-15-7-11-5-6-12(8-18-15)21(11)16(23)13-3-1-2-4-14(13)20-10-17-9-19-20/h1-4,9-12H,5-8H2,(H,18,22)/t11-,12+/m0/s1. The number of rotatable bonds is 2. The van der Waals surface area contributed by atoms with Crippen LogP contribution in [-0.2, 0) is 4.79 Å². The van der Waals surface area contributed by atoms with Crippen molar-refractivity contribution in [2.45, 2.75) is 31.3 Å². The number of nitrogens with zero attached hydrogens (tertiary/aromatic N) is 4. The molecule has 2 bridgehead atoms. The minimum atomic E-state index is -0.0416. The molecule has 0 saturated carbocycles. The number of carbonyl (C=O) groups is 2. The summed E-state index contributed by atoms with van der Waals surface area (Å²) in [6.07, 6.45) is 5.22. The predicted octanol–water partition coefficient (Wildman–Crippen LogP) is 0.760. The van der Waals surface area contributed by atoms with Crippen molar-refractivity contribution in [1.29, 1.82) is 0 Å². The highest BCUT2D eigenvalue weighted by molar-refractivity contribution is 5.98. The van der Waals surface area contributed by atoms with E-state index in [1.807, 2.05) is 23.1 Å². The van der Waals surface area contributed by atoms with Crippen LogP contribution in [0.2, 0.25) is 0 Å². The summed E-state index contributed by atoms with van der Waals surface area (Å²) in [5, 5.41) is 7.02. The first kappa shape index (κ1) is 13.9. The highest BCUT2D eigenvalue weighted by Gasteiger charge is 2.41. The minimum absolute atomic E-state index is 0.0150. The lowest BCUT2D eigenvalue weighted by molar-refractivity contribution is -0.121. The van der Waals surface area contributed by atoms with Crippen LogP contribution in [0, 0.1) is 0 Å². The number of hydrogen-bond acceptors (Lipinski definition) is 4. The van der Waals surface area contributed by atoms with Gasteiger partial charge in [-0.05, 0) is 25.0 Å². The van der Waals surface area contributed by atoms with Crippen molar-refractivity contribution in [3.05, 3.63) is 42.5 Å². The molecule has 3 heterocycles. The van der Waals surface area contributed by atoms with Crippen molar-refractivity contribution in [2.75, 3.05) is 6.54 Å². The Balaban J connectivity index is 1.71. The number of carbonyl (C=O) groups excluding carboxylic acids is 2. The van der Waals surface area contributed by atoms with Gasteiger partial charge in [0.2, 0.25) is 5.91 Å². The van der Waals surface area contributed by atoms with E-state index >= 15 is 0 Å². The predicted molar refractivity (Wildman–Crippen MR) is 82.0 cm³/mol. The monoisotopic (exact) mass is 311 g/mol. The fraction of sp³-hybridized carbons (Fsp3) is 0.375. The Labute approximate surface area is 133 Å². The van der Waals surface area contributed by atoms with Crippen LogP contribution in [0.1, 0.15) is 29.6 Å². The van der Waals surface area contributed by atoms with Crippen LogP contribution in [0.3, 0.4) is 0 Å². The maximum atomic E-state index is 13.2. The molecular formula is C16H17N5O2. The zero-order valence-electron chi connectivity index (χ0n) is 12.6. The van der Waals surface area contributed by atoms with Gasteiger partial charge in [0.15, 0.2) is 0 Å². The third-order valence-corrected chi connectivity index (χ3v) is 4.61. The second-order valence-electron chi connectivity index (χ2n) is 5.96. The van der Waals surface area contributed by atoms with Gasteiger partial charge in [-0.2, -0.15) is 5.10 Å². The molecule has 2 aliphatic rings. The first-order chi connectivity index (χ1) is 11.2. The average Bonchev–Trinajstić information content (AvgIpc) is 3.18. The van der Waals surface area contributed by atoms with E-state index in [4.69, 9.17) is 0 Å². The Kier molecular flexibility index (Phi) is 3.33. The van der Waals surface area contributed by atoms with E-state index in [-0.39, 0.29) is 23.9 Å². The van der Waals surface area contributed by atoms with Crippen molar-refractivity contribution in [2.24, 2.45) is 0 Å². The summed E-state index contributed by atoms with van der Waals surface area (Å²) in [5.41, 5.74) is 1.29. The molecule has 7 nitrogen and oxygen atoms in total. The summed E-state index contributed by atoms with van der Waals surface area (Å²) < 4.78 is 1.59. The van der Waals surface area contributed by atoms with Crippen molar-refractivity contribution in [1.82, 2.24) is 25.0 Å². The van der Waals surface area contributed by atoms with Crippen LogP contribution in [0.25, 0.3) is 5.69 Å². The molecule has 0 radical (unpaired) electrons. The third-order valence-electron chi connectivity index (χ3n) is 4.61. The van der Waals surface area contributed by atoms with E-state index in [9.17, 15) is 9.59 Å². The Bertz CT molecular complexity index is 743. The van der Waals surface area contributed by atoms with Crippen LogP contribution in [-0.4, -0.2) is 50.1 Å². The second-order valence-corrected chi connectivity index (χ2v) is 5.96. The van der Waals surface area contributed by atoms with E-state index in [0.717, 1.165) is 12.8 Å². The van der Waals surface area contributed by atoms with E-state index in [0.29, 0.717) is 24.2 Å². The van der Waals surface area contributed by atoms with Crippen molar-refractivity contribution >= 4 is 11.8 Å². The maximum absolute atomic E-state index is 13.2. The lowest BCUT2D eigenvalue weighted by Crippen LogP contribution is -2.42. The molecule has 2 atom stereocenters. The zero-order chi connectivity index (χ0) is 15.8. The zero-order valence-corrected chi connectivity index (χ0v) is 12.6. The van der Waals surface area contributed by atoms with E-state index < -0.39 is 0 Å². The first-order valence-corrected chi connectivity index (χ1v) is 7.77. The molecule has 0 unspecified atom stereocenters. The summed E-state index contributed by atoms with van der Waals surface area (Å²) in [6.45, 7) is 0.534. The van der Waals surface area contributed by atoms with Gasteiger partial charge in [0, 0.05) is 25.0 Å². The first-order valence-electron chi connectivity index (χ1n) is 7.77. The molecular weight excluding hydrogens is 294 g/mol. The summed E-state index contributed by atoms with van der Waals surface area (Å²) in [6, 6.07) is 7.43. The molecule has 0 aliphatic carbocycles. The van der Waals surface area contributed by atoms with Crippen LogP contribution in [0.4, 0.5) is 0 Å². The third kappa shape index (κ3) is 2.38. The topological polar surface area (TPSA) is 80.1 Å². The fourth-order valence-corrected chi connectivity index (χ4v) is 3.54. The van der Waals surface area contributed by atoms with E-state index in [1.54, 1.807) is 17.1 Å². The van der Waals surface area contributed by atoms with Crippen molar-refractivity contribution in [3.63, 3.8) is 0 Å². The SMILES string of the molecule is O=C1C[C@@H]2CC[C@H](CN1)N2C(=O)c1ccccc1-n1cncn1. The number of hydrogen-bond donors (Lipinski definition) is 1. The number of amides is 2. The Morgan fingerprint density at radius 3 is 2.87 bits per heavy atom. The molecule has 1 aromatic heterocycles. The summed E-state index contributed by atoms with van der Waals surface area (Å²) in [5.74, 6) is -0.0142. The van der Waals surface area contributed by atoms with Gasteiger partial charge in [-0.25, -0.2) is 9.67 Å². The fourth-order valence-electron chi connectivity index (χ4n) is 3.54. The summed E-state index contributed by atoms with van der Waals surface area (Å²) in [4.78, 5) is 30.8. The highest BCUT2D eigenvalue weighted by atomic mass is 16.2. The average molecular weight is 311 g/mol. The molecule has 23 heavy (non-hydrogen) atoms. The van der Waals surface area contributed by atoms with E-state index in [2.05, 4.69) is 15.4 Å². The molecule has 0 spiro atoms. The molecule has 1 aromatic carbocycles. The van der Waals surface area contributed by atoms with Gasteiger partial charge in [0.25, 0.3) is 5.91 Å². The summed E-state index contributed by atoms with van der Waals surface area (Å²) >= 11 is 0. The molecule has 1 N–H and O–H groups in total. The molecule has 2 saturated heterocycles. The summed E-state index contributed by atoms with van der Waals surface area (Å²) in [7, 11) is 0. The molecule has 118 valence electrons. The van der Waals surface area contributed by atoms with Gasteiger partial charge in [0.05, 0.1) is 11.3 Å². The van der Waals surface area contributed by atoms with Gasteiger partial charge in [-0.1, -0.05) is 12.1 Å². The lowest BCUT2D eigenvalue weighted by atomic mass is 10.1. The number of fused-ring (bicyclic) bond motifs is 2. The normalized spacial score (nSPS) is 23.5. The quantitative estimate of drug-likeness (QED) is 0.888. The van der Waals surface area contributed by atoms with Crippen LogP contribution < -0.4 is 5.32 Å². The van der Waals surface area contributed by atoms with Crippen molar-refractivity contribution in [3.8, 4) is 5.69 Å². The number of benzene rings is 1. The van der Waals surface area contributed by atoms with Crippen LogP contribution >= 0.6 is 0 Å². The van der Waals surface area contributed by atoms with Crippen molar-refractivity contribution < 1.29 is 9.59 Å². The molecule has 2 amide bonds. The highest BCUT2D eigenvalue weighted by Crippen LogP contribution is 2.31. The Morgan fingerprint density at radius 1 is 1.22 bits per heavy atom. The number of nitrogens with one attached hydrogen (secondary N) is 1. The molecule has 4 rings (SSSR count). The molecule has 2 fully saturated rings.